The summed E-state index contributed by atoms with van der Waals surface area (Å²) in [6.45, 7) is 0. The van der Waals surface area contributed by atoms with Gasteiger partial charge in [-0.1, -0.05) is 6.07 Å². The van der Waals surface area contributed by atoms with Gasteiger partial charge in [-0.25, -0.2) is 4.79 Å². The molecule has 0 spiro atoms. The van der Waals surface area contributed by atoms with E-state index in [1.165, 1.54) is 24.7 Å². The first-order valence-corrected chi connectivity index (χ1v) is 4.76. The molecule has 1 aliphatic rings. The molecule has 1 aromatic rings. The first-order chi connectivity index (χ1) is 6.79. The molecule has 0 saturated carbocycles. The van der Waals surface area contributed by atoms with Crippen LogP contribution in [0.2, 0.25) is 0 Å². The number of anilines is 1. The third kappa shape index (κ3) is 1.71. The maximum absolute atomic E-state index is 10.9. The lowest BCUT2D eigenvalue weighted by molar-refractivity contribution is 0.187. The fourth-order valence-corrected chi connectivity index (χ4v) is 1.82. The smallest absolute Gasteiger partial charge is 0.411 e. The van der Waals surface area contributed by atoms with Crippen LogP contribution in [0.4, 0.5) is 10.5 Å². The van der Waals surface area contributed by atoms with E-state index in [9.17, 15) is 4.79 Å². The number of methoxy groups -OCH3 is 1. The molecule has 74 valence electrons. The van der Waals surface area contributed by atoms with Crippen LogP contribution in [0.1, 0.15) is 17.5 Å². The van der Waals surface area contributed by atoms with Crippen molar-refractivity contribution in [1.29, 1.82) is 0 Å². The van der Waals surface area contributed by atoms with E-state index in [1.54, 1.807) is 0 Å². The van der Waals surface area contributed by atoms with E-state index in [2.05, 4.69) is 16.1 Å². The zero-order valence-electron chi connectivity index (χ0n) is 8.17. The van der Waals surface area contributed by atoms with Crippen molar-refractivity contribution in [1.82, 2.24) is 0 Å². The minimum Gasteiger partial charge on any atom is -0.453 e. The SMILES string of the molecule is COC(=O)Nc1ccc2c(c1)CCC2. The lowest BCUT2D eigenvalue weighted by Gasteiger charge is -2.05. The molecule has 3 heteroatoms. The van der Waals surface area contributed by atoms with Gasteiger partial charge < -0.3 is 4.74 Å². The lowest BCUT2D eigenvalue weighted by atomic mass is 10.1. The molecule has 0 bridgehead atoms. The van der Waals surface area contributed by atoms with Crippen LogP contribution in [0, 0.1) is 0 Å². The van der Waals surface area contributed by atoms with Gasteiger partial charge in [0.05, 0.1) is 7.11 Å². The summed E-state index contributed by atoms with van der Waals surface area (Å²) in [6, 6.07) is 6.02. The molecule has 0 heterocycles. The summed E-state index contributed by atoms with van der Waals surface area (Å²) in [5, 5.41) is 2.66. The van der Waals surface area contributed by atoms with E-state index in [0.717, 1.165) is 18.5 Å². The summed E-state index contributed by atoms with van der Waals surface area (Å²) >= 11 is 0. The van der Waals surface area contributed by atoms with E-state index in [1.807, 2.05) is 12.1 Å². The van der Waals surface area contributed by atoms with E-state index >= 15 is 0 Å². The fraction of sp³-hybridized carbons (Fsp3) is 0.364. The number of benzene rings is 1. The van der Waals surface area contributed by atoms with Gasteiger partial charge in [0, 0.05) is 5.69 Å². The third-order valence-electron chi connectivity index (χ3n) is 2.53. The van der Waals surface area contributed by atoms with Gasteiger partial charge in [0.25, 0.3) is 0 Å². The molecule has 14 heavy (non-hydrogen) atoms. The van der Waals surface area contributed by atoms with Gasteiger partial charge in [-0.05, 0) is 42.5 Å². The second kappa shape index (κ2) is 3.70. The summed E-state index contributed by atoms with van der Waals surface area (Å²) in [5.74, 6) is 0. The van der Waals surface area contributed by atoms with Crippen molar-refractivity contribution in [2.45, 2.75) is 19.3 Å². The fourth-order valence-electron chi connectivity index (χ4n) is 1.82. The normalized spacial score (nSPS) is 13.5. The molecular formula is C11H13NO2. The van der Waals surface area contributed by atoms with Crippen molar-refractivity contribution in [2.75, 3.05) is 12.4 Å². The second-order valence-electron chi connectivity index (χ2n) is 3.45. The monoisotopic (exact) mass is 191 g/mol. The van der Waals surface area contributed by atoms with Gasteiger partial charge in [-0.15, -0.1) is 0 Å². The third-order valence-corrected chi connectivity index (χ3v) is 2.53. The molecule has 3 nitrogen and oxygen atoms in total. The molecule has 1 aromatic carbocycles. The van der Waals surface area contributed by atoms with Gasteiger partial charge >= 0.3 is 6.09 Å². The number of nitrogens with one attached hydrogen (secondary N) is 1. The molecule has 1 N–H and O–H groups in total. The molecule has 0 unspecified atom stereocenters. The molecule has 0 radical (unpaired) electrons. The summed E-state index contributed by atoms with van der Waals surface area (Å²) in [4.78, 5) is 10.9. The van der Waals surface area contributed by atoms with Gasteiger partial charge in [-0.2, -0.15) is 0 Å². The maximum atomic E-state index is 10.9. The average Bonchev–Trinajstić information content (AvgIpc) is 2.64. The quantitative estimate of drug-likeness (QED) is 0.740. The minimum absolute atomic E-state index is 0.414. The Labute approximate surface area is 83.1 Å². The van der Waals surface area contributed by atoms with Crippen molar-refractivity contribution in [3.05, 3.63) is 29.3 Å². The molecule has 0 aliphatic heterocycles. The Morgan fingerprint density at radius 1 is 1.36 bits per heavy atom. The van der Waals surface area contributed by atoms with Crippen LogP contribution in [-0.4, -0.2) is 13.2 Å². The minimum atomic E-state index is -0.414. The van der Waals surface area contributed by atoms with Gasteiger partial charge in [0.1, 0.15) is 0 Å². The average molecular weight is 191 g/mol. The molecule has 1 aliphatic carbocycles. The molecule has 0 saturated heterocycles. The number of hydrogen-bond acceptors (Lipinski definition) is 2. The van der Waals surface area contributed by atoms with Gasteiger partial charge in [0.15, 0.2) is 0 Å². The highest BCUT2D eigenvalue weighted by atomic mass is 16.5. The van der Waals surface area contributed by atoms with Crippen molar-refractivity contribution in [3.63, 3.8) is 0 Å². The standard InChI is InChI=1S/C11H13NO2/c1-14-11(13)12-10-6-5-8-3-2-4-9(8)7-10/h5-7H,2-4H2,1H3,(H,12,13). The van der Waals surface area contributed by atoms with Crippen LogP contribution in [0.5, 0.6) is 0 Å². The number of fused-ring (bicyclic) bond motifs is 1. The summed E-state index contributed by atoms with van der Waals surface area (Å²) in [5.41, 5.74) is 3.57. The number of rotatable bonds is 1. The first-order valence-electron chi connectivity index (χ1n) is 4.76. The zero-order chi connectivity index (χ0) is 9.97. The van der Waals surface area contributed by atoms with E-state index in [4.69, 9.17) is 0 Å². The van der Waals surface area contributed by atoms with Gasteiger partial charge in [-0.3, -0.25) is 5.32 Å². The molecule has 0 atom stereocenters. The van der Waals surface area contributed by atoms with Crippen LogP contribution in [0.25, 0.3) is 0 Å². The topological polar surface area (TPSA) is 38.3 Å². The maximum Gasteiger partial charge on any atom is 0.411 e. The Morgan fingerprint density at radius 3 is 2.93 bits per heavy atom. The Hall–Kier alpha value is -1.51. The van der Waals surface area contributed by atoms with Gasteiger partial charge in [0.2, 0.25) is 0 Å². The van der Waals surface area contributed by atoms with Crippen molar-refractivity contribution < 1.29 is 9.53 Å². The Balaban J connectivity index is 2.16. The Bertz CT molecular complexity index is 360. The second-order valence-corrected chi connectivity index (χ2v) is 3.45. The van der Waals surface area contributed by atoms with Crippen molar-refractivity contribution in [3.8, 4) is 0 Å². The number of hydrogen-bond donors (Lipinski definition) is 1. The summed E-state index contributed by atoms with van der Waals surface area (Å²) in [7, 11) is 1.36. The first kappa shape index (κ1) is 9.06. The molecular weight excluding hydrogens is 178 g/mol. The highest BCUT2D eigenvalue weighted by Crippen LogP contribution is 2.24. The molecule has 0 fully saturated rings. The number of carbonyl (C=O) groups is 1. The van der Waals surface area contributed by atoms with Crippen LogP contribution in [-0.2, 0) is 17.6 Å². The summed E-state index contributed by atoms with van der Waals surface area (Å²) < 4.78 is 4.52. The highest BCUT2D eigenvalue weighted by molar-refractivity contribution is 5.84. The molecule has 1 amide bonds. The van der Waals surface area contributed by atoms with Crippen LogP contribution in [0.3, 0.4) is 0 Å². The van der Waals surface area contributed by atoms with Crippen LogP contribution < -0.4 is 5.32 Å². The van der Waals surface area contributed by atoms with Crippen LogP contribution >= 0.6 is 0 Å². The number of ether oxygens (including phenoxy) is 1. The number of aryl methyl sites for hydroxylation is 2. The Kier molecular flexibility index (Phi) is 2.39. The molecule has 0 aromatic heterocycles. The zero-order valence-corrected chi connectivity index (χ0v) is 8.17. The van der Waals surface area contributed by atoms with Crippen molar-refractivity contribution >= 4 is 11.8 Å². The van der Waals surface area contributed by atoms with Crippen molar-refractivity contribution in [2.24, 2.45) is 0 Å². The lowest BCUT2D eigenvalue weighted by Crippen LogP contribution is -2.10. The van der Waals surface area contributed by atoms with Crippen LogP contribution in [0.15, 0.2) is 18.2 Å². The summed E-state index contributed by atoms with van der Waals surface area (Å²) in [6.07, 6.45) is 3.08. The number of carbonyl (C=O) groups excluding carboxylic acids is 1. The van der Waals surface area contributed by atoms with E-state index in [-0.39, 0.29) is 0 Å². The van der Waals surface area contributed by atoms with E-state index in [0.29, 0.717) is 0 Å². The Morgan fingerprint density at radius 2 is 2.14 bits per heavy atom. The highest BCUT2D eigenvalue weighted by Gasteiger charge is 2.11. The predicted molar refractivity (Wildman–Crippen MR) is 54.5 cm³/mol. The van der Waals surface area contributed by atoms with E-state index < -0.39 is 6.09 Å². The largest absolute Gasteiger partial charge is 0.453 e. The predicted octanol–water partition coefficient (Wildman–Crippen LogP) is 2.35. The number of amides is 1. The molecule has 2 rings (SSSR count).